The zero-order valence-electron chi connectivity index (χ0n) is 27.6. The standard InChI is InChI=1S/C32H55NO10/c1-12-14-40-31(8)16-17(3)24(34)19(5)27(37)32(9,39)23(13-2)42-29(38)21(7)25(35)20(6)28(31)43-30-26(36)22(33(10)11)15-18(4)41-30/h12,17-23,26-28,30,36-37,39H,1,13-16H2,2-11H3/t17-,18-,19+,20+,21-,22+,23-,26-,27-,28-,30+,31+,32-/m1/s1. The van der Waals surface area contributed by atoms with Gasteiger partial charge >= 0.3 is 5.97 Å². The van der Waals surface area contributed by atoms with E-state index >= 15 is 0 Å². The zero-order valence-corrected chi connectivity index (χ0v) is 27.6. The molecule has 2 rings (SSSR count). The number of cyclic esters (lactones) is 1. The van der Waals surface area contributed by atoms with Crippen LogP contribution in [0.25, 0.3) is 0 Å². The first-order valence-electron chi connectivity index (χ1n) is 15.4. The summed E-state index contributed by atoms with van der Waals surface area (Å²) in [6.07, 6.45) is -3.95. The molecule has 0 aromatic rings. The Morgan fingerprint density at radius 3 is 2.19 bits per heavy atom. The molecule has 3 N–H and O–H groups in total. The summed E-state index contributed by atoms with van der Waals surface area (Å²) < 4.78 is 24.4. The van der Waals surface area contributed by atoms with Crippen LogP contribution in [0.1, 0.15) is 74.7 Å². The smallest absolute Gasteiger partial charge is 0.316 e. The van der Waals surface area contributed by atoms with Gasteiger partial charge in [0.25, 0.3) is 0 Å². The van der Waals surface area contributed by atoms with Crippen LogP contribution >= 0.6 is 0 Å². The van der Waals surface area contributed by atoms with Gasteiger partial charge in [-0.2, -0.15) is 0 Å². The van der Waals surface area contributed by atoms with Gasteiger partial charge in [0.15, 0.2) is 12.1 Å². The van der Waals surface area contributed by atoms with Gasteiger partial charge < -0.3 is 39.2 Å². The summed E-state index contributed by atoms with van der Waals surface area (Å²) in [5.41, 5.74) is -3.28. The lowest BCUT2D eigenvalue weighted by molar-refractivity contribution is -0.296. The summed E-state index contributed by atoms with van der Waals surface area (Å²) in [4.78, 5) is 42.8. The van der Waals surface area contributed by atoms with Crippen LogP contribution < -0.4 is 0 Å². The van der Waals surface area contributed by atoms with E-state index in [0.717, 1.165) is 0 Å². The van der Waals surface area contributed by atoms with E-state index in [1.807, 2.05) is 25.9 Å². The highest BCUT2D eigenvalue weighted by Crippen LogP contribution is 2.38. The van der Waals surface area contributed by atoms with Crippen molar-refractivity contribution >= 4 is 17.5 Å². The molecule has 2 fully saturated rings. The Bertz CT molecular complexity index is 985. The second-order valence-corrected chi connectivity index (χ2v) is 13.3. The lowest BCUT2D eigenvalue weighted by Gasteiger charge is -2.47. The number of ether oxygens (including phenoxy) is 4. The number of rotatable bonds is 7. The Balaban J connectivity index is 2.68. The van der Waals surface area contributed by atoms with Crippen LogP contribution in [0, 0.1) is 23.7 Å². The average molecular weight is 614 g/mol. The average Bonchev–Trinajstić information content (AvgIpc) is 2.95. The molecule has 0 unspecified atom stereocenters. The summed E-state index contributed by atoms with van der Waals surface area (Å²) >= 11 is 0. The lowest BCUT2D eigenvalue weighted by Crippen LogP contribution is -2.60. The topological polar surface area (TPSA) is 152 Å². The van der Waals surface area contributed by atoms with Gasteiger partial charge in [-0.1, -0.05) is 33.8 Å². The molecule has 13 atom stereocenters. The van der Waals surface area contributed by atoms with Gasteiger partial charge in [0.2, 0.25) is 0 Å². The van der Waals surface area contributed by atoms with E-state index in [-0.39, 0.29) is 37.4 Å². The number of Topliss-reactive ketones (excluding diaryl/α,β-unsaturated/α-hetero) is 2. The number of aliphatic hydroxyl groups is 3. The number of carbonyl (C=O) groups is 3. The number of hydrogen-bond acceptors (Lipinski definition) is 11. The third kappa shape index (κ3) is 8.31. The van der Waals surface area contributed by atoms with E-state index in [1.54, 1.807) is 27.7 Å². The lowest BCUT2D eigenvalue weighted by atomic mass is 9.74. The van der Waals surface area contributed by atoms with Crippen LogP contribution in [0.5, 0.6) is 0 Å². The van der Waals surface area contributed by atoms with Crippen LogP contribution in [0.4, 0.5) is 0 Å². The third-order valence-corrected chi connectivity index (χ3v) is 9.37. The molecule has 0 aromatic heterocycles. The van der Waals surface area contributed by atoms with Crippen molar-refractivity contribution in [1.82, 2.24) is 4.90 Å². The third-order valence-electron chi connectivity index (χ3n) is 9.37. The number of carbonyl (C=O) groups excluding carboxylic acids is 3. The number of ketones is 2. The van der Waals surface area contributed by atoms with Gasteiger partial charge in [0.05, 0.1) is 30.5 Å². The van der Waals surface area contributed by atoms with Crippen LogP contribution in [0.2, 0.25) is 0 Å². The molecule has 0 aromatic carbocycles. The van der Waals surface area contributed by atoms with Gasteiger partial charge in [-0.3, -0.25) is 14.4 Å². The minimum Gasteiger partial charge on any atom is -0.459 e. The van der Waals surface area contributed by atoms with Crippen LogP contribution in [0.15, 0.2) is 12.7 Å². The molecule has 11 nitrogen and oxygen atoms in total. The highest BCUT2D eigenvalue weighted by Gasteiger charge is 2.52. The maximum atomic E-state index is 13.9. The molecule has 0 radical (unpaired) electrons. The first-order chi connectivity index (χ1) is 19.8. The second kappa shape index (κ2) is 15.0. The number of esters is 1. The normalized spacial score (nSPS) is 44.1. The molecular formula is C32H55NO10. The molecule has 2 aliphatic rings. The van der Waals surface area contributed by atoms with Crippen molar-refractivity contribution in [1.29, 1.82) is 0 Å². The van der Waals surface area contributed by atoms with E-state index in [2.05, 4.69) is 6.58 Å². The Morgan fingerprint density at radius 1 is 1.05 bits per heavy atom. The maximum Gasteiger partial charge on any atom is 0.316 e. The first-order valence-corrected chi connectivity index (χ1v) is 15.4. The first kappa shape index (κ1) is 37.5. The molecule has 2 saturated heterocycles. The van der Waals surface area contributed by atoms with Gasteiger partial charge in [-0.05, 0) is 61.1 Å². The SMILES string of the molecule is C=CCO[C@@]1(C)C[C@@H](C)C(=O)[C@H](C)[C@@H](O)[C@](C)(O)[C@@H](CC)OC(=O)[C@H](C)C(=O)[C@H](C)[C@H]1O[C@@H]1O[C@H](C)C[C@H](N(C)C)[C@H]1O. The largest absolute Gasteiger partial charge is 0.459 e. The van der Waals surface area contributed by atoms with Gasteiger partial charge in [0, 0.05) is 23.8 Å². The summed E-state index contributed by atoms with van der Waals surface area (Å²) in [5.74, 6) is -5.69. The molecule has 248 valence electrons. The fourth-order valence-electron chi connectivity index (χ4n) is 6.62. The van der Waals surface area contributed by atoms with Crippen LogP contribution in [0.3, 0.4) is 0 Å². The molecule has 0 saturated carbocycles. The van der Waals surface area contributed by atoms with Crippen molar-refractivity contribution in [2.24, 2.45) is 23.7 Å². The molecule has 0 amide bonds. The predicted octanol–water partition coefficient (Wildman–Crippen LogP) is 2.28. The van der Waals surface area contributed by atoms with Crippen LogP contribution in [-0.4, -0.2) is 113 Å². The van der Waals surface area contributed by atoms with E-state index in [1.165, 1.54) is 26.8 Å². The minimum absolute atomic E-state index is 0.0612. The Kier molecular flexibility index (Phi) is 13.1. The monoisotopic (exact) mass is 613 g/mol. The van der Waals surface area contributed by atoms with Crippen molar-refractivity contribution < 1.29 is 48.7 Å². The fraction of sp³-hybridized carbons (Fsp3) is 0.844. The van der Waals surface area contributed by atoms with Crippen molar-refractivity contribution in [3.8, 4) is 0 Å². The Morgan fingerprint density at radius 2 is 1.65 bits per heavy atom. The van der Waals surface area contributed by atoms with E-state index < -0.39 is 77.3 Å². The Labute approximate surface area is 256 Å². The van der Waals surface area contributed by atoms with Crippen molar-refractivity contribution in [2.75, 3.05) is 20.7 Å². The highest BCUT2D eigenvalue weighted by molar-refractivity contribution is 6.00. The molecule has 2 heterocycles. The van der Waals surface area contributed by atoms with E-state index in [9.17, 15) is 29.7 Å². The van der Waals surface area contributed by atoms with Gasteiger partial charge in [0.1, 0.15) is 29.5 Å². The predicted molar refractivity (Wildman–Crippen MR) is 160 cm³/mol. The summed E-state index contributed by atoms with van der Waals surface area (Å²) in [7, 11) is 3.70. The molecular weight excluding hydrogens is 558 g/mol. The van der Waals surface area contributed by atoms with Gasteiger partial charge in [-0.15, -0.1) is 6.58 Å². The summed E-state index contributed by atoms with van der Waals surface area (Å²) in [6.45, 7) is 16.7. The molecule has 0 bridgehead atoms. The van der Waals surface area contributed by atoms with Gasteiger partial charge in [-0.25, -0.2) is 0 Å². The number of nitrogens with zero attached hydrogens (tertiary/aromatic N) is 1. The van der Waals surface area contributed by atoms with Crippen LogP contribution in [-0.2, 0) is 33.3 Å². The Hall–Kier alpha value is -1.73. The molecule has 11 heteroatoms. The van der Waals surface area contributed by atoms with Crippen molar-refractivity contribution in [2.45, 2.75) is 129 Å². The number of likely N-dealkylation sites (N-methyl/N-ethyl adjacent to an activating group) is 1. The number of hydrogen-bond donors (Lipinski definition) is 3. The highest BCUT2D eigenvalue weighted by atomic mass is 16.7. The maximum absolute atomic E-state index is 13.9. The van der Waals surface area contributed by atoms with E-state index in [0.29, 0.717) is 6.42 Å². The quantitative estimate of drug-likeness (QED) is 0.220. The second-order valence-electron chi connectivity index (χ2n) is 13.3. The minimum atomic E-state index is -1.96. The molecule has 0 aliphatic carbocycles. The fourth-order valence-corrected chi connectivity index (χ4v) is 6.62. The zero-order chi connectivity index (χ0) is 33.0. The van der Waals surface area contributed by atoms with Crippen molar-refractivity contribution in [3.63, 3.8) is 0 Å². The molecule has 2 aliphatic heterocycles. The van der Waals surface area contributed by atoms with E-state index in [4.69, 9.17) is 18.9 Å². The van der Waals surface area contributed by atoms with Crippen molar-refractivity contribution in [3.05, 3.63) is 12.7 Å². The molecule has 43 heavy (non-hydrogen) atoms. The number of aliphatic hydroxyl groups excluding tert-OH is 2. The summed E-state index contributed by atoms with van der Waals surface area (Å²) in [6, 6.07) is -0.283. The molecule has 0 spiro atoms. The summed E-state index contributed by atoms with van der Waals surface area (Å²) in [5, 5.41) is 33.7.